The molecule has 2 heterocycles. The van der Waals surface area contributed by atoms with E-state index in [-0.39, 0.29) is 17.6 Å². The lowest BCUT2D eigenvalue weighted by molar-refractivity contribution is -0.384. The highest BCUT2D eigenvalue weighted by Gasteiger charge is 2.28. The van der Waals surface area contributed by atoms with Crippen LogP contribution >= 0.6 is 0 Å². The maximum atomic E-state index is 12.5. The third kappa shape index (κ3) is 3.89. The fourth-order valence-corrected chi connectivity index (χ4v) is 3.29. The van der Waals surface area contributed by atoms with Crippen LogP contribution in [-0.4, -0.2) is 70.8 Å². The molecule has 0 bridgehead atoms. The van der Waals surface area contributed by atoms with Gasteiger partial charge in [0.1, 0.15) is 0 Å². The van der Waals surface area contributed by atoms with Gasteiger partial charge in [-0.25, -0.2) is 4.79 Å². The SMILES string of the molecule is O=C(c1ccc([N+](=O)[O-])cc1)N1CCN(C(=O)N2CCCCC2)CC1. The summed E-state index contributed by atoms with van der Waals surface area (Å²) in [5.41, 5.74) is 0.398. The maximum Gasteiger partial charge on any atom is 0.320 e. The lowest BCUT2D eigenvalue weighted by Crippen LogP contribution is -2.54. The molecule has 2 aliphatic rings. The molecule has 2 saturated heterocycles. The van der Waals surface area contributed by atoms with Crippen molar-refractivity contribution in [2.45, 2.75) is 19.3 Å². The Hall–Kier alpha value is -2.64. The lowest BCUT2D eigenvalue weighted by atomic mass is 10.1. The Kier molecular flexibility index (Phi) is 5.16. The summed E-state index contributed by atoms with van der Waals surface area (Å²) in [5.74, 6) is -0.153. The molecule has 8 heteroatoms. The number of amides is 3. The molecule has 0 aromatic heterocycles. The molecule has 0 unspecified atom stereocenters. The van der Waals surface area contributed by atoms with E-state index in [2.05, 4.69) is 0 Å². The Morgan fingerprint density at radius 3 is 1.88 bits per heavy atom. The average molecular weight is 346 g/mol. The van der Waals surface area contributed by atoms with Crippen molar-refractivity contribution in [2.24, 2.45) is 0 Å². The zero-order valence-corrected chi connectivity index (χ0v) is 14.1. The van der Waals surface area contributed by atoms with E-state index in [1.807, 2.05) is 9.80 Å². The molecule has 0 atom stereocenters. The number of piperazine rings is 1. The van der Waals surface area contributed by atoms with E-state index in [0.29, 0.717) is 31.7 Å². The van der Waals surface area contributed by atoms with Crippen LogP contribution in [0.2, 0.25) is 0 Å². The molecule has 8 nitrogen and oxygen atoms in total. The zero-order valence-electron chi connectivity index (χ0n) is 14.1. The predicted octanol–water partition coefficient (Wildman–Crippen LogP) is 1.96. The van der Waals surface area contributed by atoms with E-state index in [1.54, 1.807) is 4.90 Å². The van der Waals surface area contributed by atoms with Gasteiger partial charge in [-0.15, -0.1) is 0 Å². The number of likely N-dealkylation sites (tertiary alicyclic amines) is 1. The molecular weight excluding hydrogens is 324 g/mol. The van der Waals surface area contributed by atoms with E-state index in [0.717, 1.165) is 25.9 Å². The van der Waals surface area contributed by atoms with Crippen molar-refractivity contribution in [3.8, 4) is 0 Å². The predicted molar refractivity (Wildman–Crippen MR) is 91.4 cm³/mol. The summed E-state index contributed by atoms with van der Waals surface area (Å²) in [6, 6.07) is 5.70. The van der Waals surface area contributed by atoms with Crippen molar-refractivity contribution in [1.29, 1.82) is 0 Å². The number of benzene rings is 1. The number of nitro groups is 1. The summed E-state index contributed by atoms with van der Waals surface area (Å²) in [6.07, 6.45) is 3.30. The molecule has 0 saturated carbocycles. The summed E-state index contributed by atoms with van der Waals surface area (Å²) >= 11 is 0. The number of rotatable bonds is 2. The Labute approximate surface area is 146 Å². The van der Waals surface area contributed by atoms with E-state index >= 15 is 0 Å². The van der Waals surface area contributed by atoms with Crippen LogP contribution in [0.3, 0.4) is 0 Å². The molecule has 0 spiro atoms. The van der Waals surface area contributed by atoms with Crippen LogP contribution in [0.4, 0.5) is 10.5 Å². The van der Waals surface area contributed by atoms with Gasteiger partial charge in [-0.05, 0) is 31.4 Å². The van der Waals surface area contributed by atoms with E-state index < -0.39 is 4.92 Å². The fourth-order valence-electron chi connectivity index (χ4n) is 3.29. The number of nitro benzene ring substituents is 1. The molecular formula is C17H22N4O4. The van der Waals surface area contributed by atoms with Crippen LogP contribution in [0.1, 0.15) is 29.6 Å². The van der Waals surface area contributed by atoms with Crippen LogP contribution in [-0.2, 0) is 0 Å². The number of carbonyl (C=O) groups is 2. The number of hydrogen-bond donors (Lipinski definition) is 0. The first-order chi connectivity index (χ1) is 12.1. The van der Waals surface area contributed by atoms with Crippen molar-refractivity contribution >= 4 is 17.6 Å². The monoisotopic (exact) mass is 346 g/mol. The number of piperidine rings is 1. The second-order valence-electron chi connectivity index (χ2n) is 6.41. The van der Waals surface area contributed by atoms with Crippen molar-refractivity contribution in [2.75, 3.05) is 39.3 Å². The van der Waals surface area contributed by atoms with Gasteiger partial charge < -0.3 is 14.7 Å². The van der Waals surface area contributed by atoms with E-state index in [4.69, 9.17) is 0 Å². The van der Waals surface area contributed by atoms with Gasteiger partial charge in [0.05, 0.1) is 4.92 Å². The van der Waals surface area contributed by atoms with Crippen molar-refractivity contribution in [3.63, 3.8) is 0 Å². The number of non-ortho nitro benzene ring substituents is 1. The highest BCUT2D eigenvalue weighted by molar-refractivity contribution is 5.94. The molecule has 3 rings (SSSR count). The van der Waals surface area contributed by atoms with Gasteiger partial charge in [0.15, 0.2) is 0 Å². The Morgan fingerprint density at radius 2 is 1.32 bits per heavy atom. The van der Waals surface area contributed by atoms with Crippen LogP contribution in [0.5, 0.6) is 0 Å². The number of nitrogens with zero attached hydrogens (tertiary/aromatic N) is 4. The maximum absolute atomic E-state index is 12.5. The molecule has 25 heavy (non-hydrogen) atoms. The minimum absolute atomic E-state index is 0.0338. The van der Waals surface area contributed by atoms with Crippen LogP contribution < -0.4 is 0 Å². The summed E-state index contributed by atoms with van der Waals surface area (Å²) in [6.45, 7) is 3.65. The highest BCUT2D eigenvalue weighted by atomic mass is 16.6. The van der Waals surface area contributed by atoms with Gasteiger partial charge in [0.25, 0.3) is 11.6 Å². The van der Waals surface area contributed by atoms with Crippen LogP contribution in [0.25, 0.3) is 0 Å². The first-order valence-electron chi connectivity index (χ1n) is 8.64. The normalized spacial score (nSPS) is 18.2. The zero-order chi connectivity index (χ0) is 17.8. The van der Waals surface area contributed by atoms with Gasteiger partial charge in [-0.3, -0.25) is 14.9 Å². The van der Waals surface area contributed by atoms with Crippen LogP contribution in [0, 0.1) is 10.1 Å². The molecule has 2 fully saturated rings. The Bertz CT molecular complexity index is 647. The third-order valence-electron chi connectivity index (χ3n) is 4.79. The molecule has 0 aliphatic carbocycles. The van der Waals surface area contributed by atoms with Gasteiger partial charge in [0.2, 0.25) is 0 Å². The Balaban J connectivity index is 1.55. The smallest absolute Gasteiger partial charge is 0.320 e. The van der Waals surface area contributed by atoms with Crippen molar-refractivity contribution in [3.05, 3.63) is 39.9 Å². The first kappa shape index (κ1) is 17.2. The molecule has 0 radical (unpaired) electrons. The first-order valence-corrected chi connectivity index (χ1v) is 8.64. The lowest BCUT2D eigenvalue weighted by Gasteiger charge is -2.38. The molecule has 2 aliphatic heterocycles. The second kappa shape index (κ2) is 7.50. The van der Waals surface area contributed by atoms with Gasteiger partial charge in [-0.2, -0.15) is 0 Å². The van der Waals surface area contributed by atoms with Crippen LogP contribution in [0.15, 0.2) is 24.3 Å². The van der Waals surface area contributed by atoms with Gasteiger partial charge >= 0.3 is 6.03 Å². The van der Waals surface area contributed by atoms with Crippen molar-refractivity contribution in [1.82, 2.24) is 14.7 Å². The Morgan fingerprint density at radius 1 is 0.800 bits per heavy atom. The van der Waals surface area contributed by atoms with Gasteiger partial charge in [-0.1, -0.05) is 0 Å². The summed E-state index contributed by atoms with van der Waals surface area (Å²) in [4.78, 5) is 40.6. The minimum Gasteiger partial charge on any atom is -0.335 e. The summed E-state index contributed by atoms with van der Waals surface area (Å²) in [5, 5.41) is 10.7. The van der Waals surface area contributed by atoms with Gasteiger partial charge in [0, 0.05) is 57.0 Å². The minimum atomic E-state index is -0.487. The van der Waals surface area contributed by atoms with E-state index in [9.17, 15) is 19.7 Å². The van der Waals surface area contributed by atoms with Crippen molar-refractivity contribution < 1.29 is 14.5 Å². The second-order valence-corrected chi connectivity index (χ2v) is 6.41. The number of urea groups is 1. The molecule has 134 valence electrons. The quantitative estimate of drug-likeness (QED) is 0.605. The average Bonchev–Trinajstić information content (AvgIpc) is 2.67. The molecule has 3 amide bonds. The topological polar surface area (TPSA) is 87.0 Å². The summed E-state index contributed by atoms with van der Waals surface area (Å²) < 4.78 is 0. The molecule has 1 aromatic rings. The molecule has 0 N–H and O–H groups in total. The molecule has 1 aromatic carbocycles. The fraction of sp³-hybridized carbons (Fsp3) is 0.529. The largest absolute Gasteiger partial charge is 0.335 e. The number of carbonyl (C=O) groups excluding carboxylic acids is 2. The standard InChI is InChI=1S/C17H22N4O4/c22-16(14-4-6-15(7-5-14)21(24)25)18-10-12-20(13-11-18)17(23)19-8-2-1-3-9-19/h4-7H,1-3,8-13H2. The summed E-state index contributed by atoms with van der Waals surface area (Å²) in [7, 11) is 0. The highest BCUT2D eigenvalue weighted by Crippen LogP contribution is 2.16. The van der Waals surface area contributed by atoms with E-state index in [1.165, 1.54) is 30.7 Å². The third-order valence-corrected chi connectivity index (χ3v) is 4.79. The number of hydrogen-bond acceptors (Lipinski definition) is 4.